The van der Waals surface area contributed by atoms with E-state index >= 15 is 0 Å². The number of nitrogens with zero attached hydrogens (tertiary/aromatic N) is 1. The highest BCUT2D eigenvalue weighted by Gasteiger charge is 2.00. The molecule has 0 spiro atoms. The third-order valence-corrected chi connectivity index (χ3v) is 2.36. The van der Waals surface area contributed by atoms with Crippen LogP contribution in [0.2, 0.25) is 0 Å². The molecule has 0 fully saturated rings. The molecule has 0 aliphatic rings. The zero-order valence-corrected chi connectivity index (χ0v) is 10.1. The first-order valence-electron chi connectivity index (χ1n) is 5.88. The van der Waals surface area contributed by atoms with Gasteiger partial charge in [0.05, 0.1) is 6.54 Å². The van der Waals surface area contributed by atoms with Crippen LogP contribution in [-0.2, 0) is 17.9 Å². The van der Waals surface area contributed by atoms with Crippen molar-refractivity contribution >= 4 is 5.91 Å². The van der Waals surface area contributed by atoms with Gasteiger partial charge in [0.2, 0.25) is 5.91 Å². The molecule has 1 rings (SSSR count). The van der Waals surface area contributed by atoms with E-state index in [1.54, 1.807) is 0 Å². The quantitative estimate of drug-likeness (QED) is 0.727. The summed E-state index contributed by atoms with van der Waals surface area (Å²) in [6.45, 7) is 7.02. The molecular formula is C12H21N3O. The SMILES string of the molecule is CCCNC(=O)CNCc1ccn(CC)c1. The van der Waals surface area contributed by atoms with Crippen LogP contribution in [0.1, 0.15) is 25.8 Å². The minimum Gasteiger partial charge on any atom is -0.355 e. The highest BCUT2D eigenvalue weighted by atomic mass is 16.1. The van der Waals surface area contributed by atoms with Crippen molar-refractivity contribution in [3.05, 3.63) is 24.0 Å². The molecule has 0 radical (unpaired) electrons. The summed E-state index contributed by atoms with van der Waals surface area (Å²) in [5.74, 6) is 0.0665. The van der Waals surface area contributed by atoms with Crippen LogP contribution in [0, 0.1) is 0 Å². The molecule has 0 unspecified atom stereocenters. The van der Waals surface area contributed by atoms with Gasteiger partial charge in [-0.05, 0) is 25.0 Å². The Labute approximate surface area is 97.0 Å². The molecule has 0 bridgehead atoms. The Morgan fingerprint density at radius 1 is 1.44 bits per heavy atom. The highest BCUT2D eigenvalue weighted by Crippen LogP contribution is 1.99. The van der Waals surface area contributed by atoms with Gasteiger partial charge in [0, 0.05) is 32.0 Å². The normalized spacial score (nSPS) is 10.4. The average molecular weight is 223 g/mol. The number of hydrogen-bond acceptors (Lipinski definition) is 2. The third-order valence-electron chi connectivity index (χ3n) is 2.36. The highest BCUT2D eigenvalue weighted by molar-refractivity contribution is 5.77. The summed E-state index contributed by atoms with van der Waals surface area (Å²) in [6.07, 6.45) is 5.12. The number of nitrogens with one attached hydrogen (secondary N) is 2. The predicted molar refractivity (Wildman–Crippen MR) is 65.1 cm³/mol. The van der Waals surface area contributed by atoms with E-state index < -0.39 is 0 Å². The van der Waals surface area contributed by atoms with Crippen molar-refractivity contribution < 1.29 is 4.79 Å². The molecule has 16 heavy (non-hydrogen) atoms. The summed E-state index contributed by atoms with van der Waals surface area (Å²) >= 11 is 0. The Bertz CT molecular complexity index is 320. The van der Waals surface area contributed by atoms with Gasteiger partial charge in [-0.3, -0.25) is 4.79 Å². The average Bonchev–Trinajstić information content (AvgIpc) is 2.74. The van der Waals surface area contributed by atoms with E-state index in [1.807, 2.05) is 13.1 Å². The van der Waals surface area contributed by atoms with Crippen LogP contribution in [0.3, 0.4) is 0 Å². The number of carbonyl (C=O) groups excluding carboxylic acids is 1. The van der Waals surface area contributed by atoms with Crippen molar-refractivity contribution in [1.82, 2.24) is 15.2 Å². The molecule has 1 amide bonds. The van der Waals surface area contributed by atoms with Crippen molar-refractivity contribution in [1.29, 1.82) is 0 Å². The largest absolute Gasteiger partial charge is 0.355 e. The van der Waals surface area contributed by atoms with Crippen LogP contribution in [0.15, 0.2) is 18.5 Å². The van der Waals surface area contributed by atoms with Crippen LogP contribution in [0.25, 0.3) is 0 Å². The maximum Gasteiger partial charge on any atom is 0.233 e. The number of aromatic nitrogens is 1. The van der Waals surface area contributed by atoms with Crippen LogP contribution < -0.4 is 10.6 Å². The van der Waals surface area contributed by atoms with Crippen LogP contribution in [0.5, 0.6) is 0 Å². The second kappa shape index (κ2) is 7.06. The fourth-order valence-corrected chi connectivity index (χ4v) is 1.44. The van der Waals surface area contributed by atoms with Crippen molar-refractivity contribution in [3.8, 4) is 0 Å². The van der Waals surface area contributed by atoms with Crippen molar-refractivity contribution in [3.63, 3.8) is 0 Å². The summed E-state index contributed by atoms with van der Waals surface area (Å²) in [5, 5.41) is 5.95. The summed E-state index contributed by atoms with van der Waals surface area (Å²) in [4.78, 5) is 11.3. The smallest absolute Gasteiger partial charge is 0.233 e. The lowest BCUT2D eigenvalue weighted by Gasteiger charge is -2.04. The molecule has 0 aliphatic heterocycles. The standard InChI is InChI=1S/C12H21N3O/c1-3-6-14-12(16)9-13-8-11-5-7-15(4-2)10-11/h5,7,10,13H,3-4,6,8-9H2,1-2H3,(H,14,16). The summed E-state index contributed by atoms with van der Waals surface area (Å²) in [5.41, 5.74) is 1.21. The molecule has 0 aliphatic carbocycles. The van der Waals surface area contributed by atoms with E-state index in [4.69, 9.17) is 0 Å². The van der Waals surface area contributed by atoms with Crippen molar-refractivity contribution in [2.45, 2.75) is 33.4 Å². The maximum absolute atomic E-state index is 11.3. The van der Waals surface area contributed by atoms with Gasteiger partial charge in [-0.25, -0.2) is 0 Å². The number of carbonyl (C=O) groups is 1. The Morgan fingerprint density at radius 3 is 2.88 bits per heavy atom. The molecule has 0 atom stereocenters. The number of amides is 1. The molecule has 0 aromatic carbocycles. The van der Waals surface area contributed by atoms with Crippen LogP contribution >= 0.6 is 0 Å². The minimum absolute atomic E-state index is 0.0665. The first kappa shape index (κ1) is 12.8. The second-order valence-electron chi connectivity index (χ2n) is 3.80. The molecule has 1 heterocycles. The van der Waals surface area contributed by atoms with E-state index in [-0.39, 0.29) is 5.91 Å². The molecular weight excluding hydrogens is 202 g/mol. The topological polar surface area (TPSA) is 46.1 Å². The lowest BCUT2D eigenvalue weighted by molar-refractivity contribution is -0.120. The van der Waals surface area contributed by atoms with Gasteiger partial charge in [-0.2, -0.15) is 0 Å². The zero-order valence-electron chi connectivity index (χ0n) is 10.1. The molecule has 1 aromatic heterocycles. The fraction of sp³-hybridized carbons (Fsp3) is 0.583. The van der Waals surface area contributed by atoms with E-state index in [0.29, 0.717) is 6.54 Å². The zero-order chi connectivity index (χ0) is 11.8. The molecule has 0 saturated heterocycles. The summed E-state index contributed by atoms with van der Waals surface area (Å²) in [7, 11) is 0. The first-order chi connectivity index (χ1) is 7.76. The first-order valence-corrected chi connectivity index (χ1v) is 5.88. The monoisotopic (exact) mass is 223 g/mol. The van der Waals surface area contributed by atoms with Crippen molar-refractivity contribution in [2.24, 2.45) is 0 Å². The van der Waals surface area contributed by atoms with Crippen LogP contribution in [0.4, 0.5) is 0 Å². The van der Waals surface area contributed by atoms with Gasteiger partial charge in [-0.1, -0.05) is 6.92 Å². The Balaban J connectivity index is 2.17. The summed E-state index contributed by atoms with van der Waals surface area (Å²) in [6, 6.07) is 2.07. The third kappa shape index (κ3) is 4.49. The number of aryl methyl sites for hydroxylation is 1. The molecule has 90 valence electrons. The lowest BCUT2D eigenvalue weighted by atomic mass is 10.3. The fourth-order valence-electron chi connectivity index (χ4n) is 1.44. The number of hydrogen-bond donors (Lipinski definition) is 2. The maximum atomic E-state index is 11.3. The van der Waals surface area contributed by atoms with Gasteiger partial charge in [0.15, 0.2) is 0 Å². The Hall–Kier alpha value is -1.29. The van der Waals surface area contributed by atoms with Crippen LogP contribution in [-0.4, -0.2) is 23.6 Å². The van der Waals surface area contributed by atoms with E-state index in [1.165, 1.54) is 5.56 Å². The van der Waals surface area contributed by atoms with Crippen molar-refractivity contribution in [2.75, 3.05) is 13.1 Å². The van der Waals surface area contributed by atoms with E-state index in [0.717, 1.165) is 26.1 Å². The van der Waals surface area contributed by atoms with Gasteiger partial charge >= 0.3 is 0 Å². The van der Waals surface area contributed by atoms with Gasteiger partial charge in [0.25, 0.3) is 0 Å². The molecule has 4 heteroatoms. The molecule has 2 N–H and O–H groups in total. The lowest BCUT2D eigenvalue weighted by Crippen LogP contribution is -2.33. The molecule has 4 nitrogen and oxygen atoms in total. The predicted octanol–water partition coefficient (Wildman–Crippen LogP) is 1.12. The molecule has 0 saturated carbocycles. The minimum atomic E-state index is 0.0665. The van der Waals surface area contributed by atoms with E-state index in [9.17, 15) is 4.79 Å². The molecule has 1 aromatic rings. The van der Waals surface area contributed by atoms with Gasteiger partial charge in [0.1, 0.15) is 0 Å². The second-order valence-corrected chi connectivity index (χ2v) is 3.80. The van der Waals surface area contributed by atoms with Gasteiger partial charge < -0.3 is 15.2 Å². The number of rotatable bonds is 7. The van der Waals surface area contributed by atoms with Gasteiger partial charge in [-0.15, -0.1) is 0 Å². The summed E-state index contributed by atoms with van der Waals surface area (Å²) < 4.78 is 2.12. The Morgan fingerprint density at radius 2 is 2.25 bits per heavy atom. The van der Waals surface area contributed by atoms with E-state index in [2.05, 4.69) is 34.4 Å². The Kier molecular flexibility index (Phi) is 5.64.